The van der Waals surface area contributed by atoms with Crippen molar-refractivity contribution in [2.75, 3.05) is 0 Å². The fourth-order valence-corrected chi connectivity index (χ4v) is 1.15. The van der Waals surface area contributed by atoms with E-state index in [4.69, 9.17) is 6.42 Å². The molecule has 0 spiro atoms. The number of benzene rings is 1. The summed E-state index contributed by atoms with van der Waals surface area (Å²) in [7, 11) is 0. The summed E-state index contributed by atoms with van der Waals surface area (Å²) < 4.78 is 0. The van der Waals surface area contributed by atoms with Crippen LogP contribution < -0.4 is 0 Å². The minimum Gasteiger partial charge on any atom is -0.120 e. The second kappa shape index (κ2) is 3.25. The molecule has 0 amide bonds. The van der Waals surface area contributed by atoms with E-state index in [1.807, 2.05) is 0 Å². The van der Waals surface area contributed by atoms with Gasteiger partial charge < -0.3 is 0 Å². The quantitative estimate of drug-likeness (QED) is 0.531. The van der Waals surface area contributed by atoms with Gasteiger partial charge in [0.1, 0.15) is 0 Å². The molecule has 0 heteroatoms. The van der Waals surface area contributed by atoms with Gasteiger partial charge in [0.05, 0.1) is 0 Å². The van der Waals surface area contributed by atoms with E-state index in [1.54, 1.807) is 0 Å². The van der Waals surface area contributed by atoms with Gasteiger partial charge in [-0.05, 0) is 25.0 Å². The molecule has 0 aliphatic carbocycles. The lowest BCUT2D eigenvalue weighted by molar-refractivity contribution is 1.23. The molecule has 1 rings (SSSR count). The first-order valence-electron chi connectivity index (χ1n) is 3.73. The zero-order chi connectivity index (χ0) is 8.27. The van der Waals surface area contributed by atoms with Gasteiger partial charge >= 0.3 is 0 Å². The maximum absolute atomic E-state index is 5.22. The third kappa shape index (κ3) is 1.85. The molecule has 0 aliphatic heterocycles. The predicted molar refractivity (Wildman–Crippen MR) is 48.5 cm³/mol. The third-order valence-electron chi connectivity index (χ3n) is 1.79. The van der Waals surface area contributed by atoms with Crippen LogP contribution in [0.5, 0.6) is 0 Å². The minimum atomic E-state index is 0.742. The lowest BCUT2D eigenvalue weighted by atomic mass is 10.0. The SMILES string of the molecule is C#CCc1ccc(C)cc1C. The Morgan fingerprint density at radius 2 is 2.09 bits per heavy atom. The molecular formula is C11H12. The molecule has 1 aromatic rings. The van der Waals surface area contributed by atoms with Crippen molar-refractivity contribution in [2.45, 2.75) is 20.3 Å². The van der Waals surface area contributed by atoms with Gasteiger partial charge in [-0.25, -0.2) is 0 Å². The van der Waals surface area contributed by atoms with Gasteiger partial charge in [-0.1, -0.05) is 23.8 Å². The van der Waals surface area contributed by atoms with Crippen molar-refractivity contribution < 1.29 is 0 Å². The van der Waals surface area contributed by atoms with E-state index >= 15 is 0 Å². The standard InChI is InChI=1S/C11H12/c1-4-5-11-7-6-9(2)8-10(11)3/h1,6-8H,5H2,2-3H3. The Morgan fingerprint density at radius 3 is 2.64 bits per heavy atom. The number of terminal acetylenes is 1. The van der Waals surface area contributed by atoms with Crippen LogP contribution in [0.1, 0.15) is 16.7 Å². The van der Waals surface area contributed by atoms with Crippen LogP contribution in [0.3, 0.4) is 0 Å². The minimum absolute atomic E-state index is 0.742. The maximum atomic E-state index is 5.22. The smallest absolute Gasteiger partial charge is 0.0340 e. The number of aryl methyl sites for hydroxylation is 2. The van der Waals surface area contributed by atoms with E-state index in [-0.39, 0.29) is 0 Å². The number of rotatable bonds is 1. The Kier molecular flexibility index (Phi) is 2.33. The largest absolute Gasteiger partial charge is 0.120 e. The van der Waals surface area contributed by atoms with Crippen LogP contribution in [-0.4, -0.2) is 0 Å². The Morgan fingerprint density at radius 1 is 1.36 bits per heavy atom. The third-order valence-corrected chi connectivity index (χ3v) is 1.79. The van der Waals surface area contributed by atoms with E-state index in [2.05, 4.69) is 38.0 Å². The highest BCUT2D eigenvalue weighted by Crippen LogP contribution is 2.10. The van der Waals surface area contributed by atoms with Gasteiger partial charge in [0.25, 0.3) is 0 Å². The van der Waals surface area contributed by atoms with Crippen molar-refractivity contribution in [3.8, 4) is 12.3 Å². The molecular weight excluding hydrogens is 132 g/mol. The molecule has 56 valence electrons. The molecule has 11 heavy (non-hydrogen) atoms. The summed E-state index contributed by atoms with van der Waals surface area (Å²) in [6.07, 6.45) is 5.96. The van der Waals surface area contributed by atoms with Gasteiger partial charge in [0.2, 0.25) is 0 Å². The van der Waals surface area contributed by atoms with Crippen LogP contribution in [-0.2, 0) is 6.42 Å². The van der Waals surface area contributed by atoms with E-state index in [9.17, 15) is 0 Å². The van der Waals surface area contributed by atoms with E-state index in [1.165, 1.54) is 16.7 Å². The average molecular weight is 144 g/mol. The van der Waals surface area contributed by atoms with Gasteiger partial charge in [0, 0.05) is 6.42 Å². The Bertz CT molecular complexity index is 289. The lowest BCUT2D eigenvalue weighted by Gasteiger charge is -2.01. The summed E-state index contributed by atoms with van der Waals surface area (Å²) in [4.78, 5) is 0. The Labute approximate surface area is 68.3 Å². The van der Waals surface area contributed by atoms with Crippen LogP contribution in [0.4, 0.5) is 0 Å². The van der Waals surface area contributed by atoms with Gasteiger partial charge in [0.15, 0.2) is 0 Å². The van der Waals surface area contributed by atoms with Crippen molar-refractivity contribution in [3.05, 3.63) is 34.9 Å². The van der Waals surface area contributed by atoms with Crippen molar-refractivity contribution in [2.24, 2.45) is 0 Å². The number of hydrogen-bond donors (Lipinski definition) is 0. The van der Waals surface area contributed by atoms with Crippen LogP contribution >= 0.6 is 0 Å². The summed E-state index contributed by atoms with van der Waals surface area (Å²) in [5.41, 5.74) is 3.85. The molecule has 0 atom stereocenters. The summed E-state index contributed by atoms with van der Waals surface area (Å²) in [5.74, 6) is 2.64. The first-order chi connectivity index (χ1) is 5.24. The fraction of sp³-hybridized carbons (Fsp3) is 0.273. The summed E-state index contributed by atoms with van der Waals surface area (Å²) in [6.45, 7) is 4.19. The van der Waals surface area contributed by atoms with E-state index in [0.717, 1.165) is 6.42 Å². The molecule has 0 bridgehead atoms. The summed E-state index contributed by atoms with van der Waals surface area (Å²) >= 11 is 0. The monoisotopic (exact) mass is 144 g/mol. The van der Waals surface area contributed by atoms with Crippen LogP contribution in [0, 0.1) is 26.2 Å². The molecule has 0 radical (unpaired) electrons. The van der Waals surface area contributed by atoms with Crippen LogP contribution in [0.15, 0.2) is 18.2 Å². The van der Waals surface area contributed by atoms with E-state index < -0.39 is 0 Å². The molecule has 0 saturated heterocycles. The predicted octanol–water partition coefficient (Wildman–Crippen LogP) is 2.48. The van der Waals surface area contributed by atoms with Gasteiger partial charge in [-0.3, -0.25) is 0 Å². The fourth-order valence-electron chi connectivity index (χ4n) is 1.15. The maximum Gasteiger partial charge on any atom is 0.0340 e. The van der Waals surface area contributed by atoms with Crippen LogP contribution in [0.25, 0.3) is 0 Å². The molecule has 0 saturated carbocycles. The molecule has 0 nitrogen and oxygen atoms in total. The van der Waals surface area contributed by atoms with Gasteiger partial charge in [-0.15, -0.1) is 12.3 Å². The summed E-state index contributed by atoms with van der Waals surface area (Å²) in [5, 5.41) is 0. The highest BCUT2D eigenvalue weighted by Gasteiger charge is 1.94. The zero-order valence-electron chi connectivity index (χ0n) is 7.02. The zero-order valence-corrected chi connectivity index (χ0v) is 7.02. The Hall–Kier alpha value is -1.22. The first-order valence-corrected chi connectivity index (χ1v) is 3.73. The van der Waals surface area contributed by atoms with Crippen molar-refractivity contribution >= 4 is 0 Å². The second-order valence-electron chi connectivity index (χ2n) is 2.81. The highest BCUT2D eigenvalue weighted by atomic mass is 14.0. The lowest BCUT2D eigenvalue weighted by Crippen LogP contribution is -1.87. The first kappa shape index (κ1) is 7.88. The topological polar surface area (TPSA) is 0 Å². The normalized spacial score (nSPS) is 9.18. The molecule has 0 aromatic heterocycles. The van der Waals surface area contributed by atoms with Crippen molar-refractivity contribution in [1.82, 2.24) is 0 Å². The molecule has 0 fully saturated rings. The summed E-state index contributed by atoms with van der Waals surface area (Å²) in [6, 6.07) is 6.36. The molecule has 0 unspecified atom stereocenters. The molecule has 0 heterocycles. The van der Waals surface area contributed by atoms with E-state index in [0.29, 0.717) is 0 Å². The van der Waals surface area contributed by atoms with Gasteiger partial charge in [-0.2, -0.15) is 0 Å². The van der Waals surface area contributed by atoms with Crippen molar-refractivity contribution in [3.63, 3.8) is 0 Å². The molecule has 0 aliphatic rings. The molecule has 1 aromatic carbocycles. The number of hydrogen-bond acceptors (Lipinski definition) is 0. The molecule has 0 N–H and O–H groups in total. The Balaban J connectivity index is 3.01. The van der Waals surface area contributed by atoms with Crippen molar-refractivity contribution in [1.29, 1.82) is 0 Å². The second-order valence-corrected chi connectivity index (χ2v) is 2.81. The van der Waals surface area contributed by atoms with Crippen LogP contribution in [0.2, 0.25) is 0 Å². The average Bonchev–Trinajstić information content (AvgIpc) is 1.95. The highest BCUT2D eigenvalue weighted by molar-refractivity contribution is 5.32.